The van der Waals surface area contributed by atoms with Gasteiger partial charge in [-0.15, -0.1) is 0 Å². The smallest absolute Gasteiger partial charge is 0.159 e. The van der Waals surface area contributed by atoms with Crippen LogP contribution in [0.15, 0.2) is 241 Å². The molecule has 0 spiro atoms. The van der Waals surface area contributed by atoms with Crippen LogP contribution < -0.4 is 4.90 Å². The van der Waals surface area contributed by atoms with Gasteiger partial charge in [0, 0.05) is 22.1 Å². The van der Waals surface area contributed by atoms with Crippen molar-refractivity contribution in [2.45, 2.75) is 0 Å². The van der Waals surface area contributed by atoms with Crippen molar-refractivity contribution in [3.8, 4) is 55.6 Å². The first kappa shape index (κ1) is 35.2. The van der Waals surface area contributed by atoms with Crippen LogP contribution in [0.3, 0.4) is 0 Å². The van der Waals surface area contributed by atoms with Gasteiger partial charge in [0.2, 0.25) is 0 Å². The van der Waals surface area contributed by atoms with E-state index in [2.05, 4.69) is 235 Å². The van der Waals surface area contributed by atoms with Crippen LogP contribution in [-0.4, -0.2) is 0 Å². The van der Waals surface area contributed by atoms with E-state index in [0.717, 1.165) is 66.8 Å². The molecule has 11 aromatic rings. The molecule has 0 atom stereocenters. The lowest BCUT2D eigenvalue weighted by atomic mass is 9.96. The van der Waals surface area contributed by atoms with Gasteiger partial charge in [0.15, 0.2) is 5.58 Å². The average Bonchev–Trinajstić information content (AvgIpc) is 3.72. The molecule has 0 saturated carbocycles. The van der Waals surface area contributed by atoms with Crippen LogP contribution >= 0.6 is 0 Å². The maximum atomic E-state index is 6.69. The molecule has 0 unspecified atom stereocenters. The predicted molar refractivity (Wildman–Crippen MR) is 253 cm³/mol. The van der Waals surface area contributed by atoms with Crippen LogP contribution in [0, 0.1) is 0 Å². The summed E-state index contributed by atoms with van der Waals surface area (Å²) in [5, 5.41) is 4.71. The zero-order chi connectivity index (χ0) is 39.8. The molecule has 0 amide bonds. The number of para-hydroxylation sites is 2. The quantitative estimate of drug-likeness (QED) is 0.153. The predicted octanol–water partition coefficient (Wildman–Crippen LogP) is 16.5. The average molecular weight is 766 g/mol. The van der Waals surface area contributed by atoms with Crippen LogP contribution in [0.25, 0.3) is 88.3 Å². The Labute approximate surface area is 349 Å². The summed E-state index contributed by atoms with van der Waals surface area (Å²) in [6.07, 6.45) is 0. The number of benzene rings is 10. The zero-order valence-electron chi connectivity index (χ0n) is 32.9. The number of fused-ring (bicyclic) bond motifs is 4. The molecule has 1 heterocycles. The molecule has 60 heavy (non-hydrogen) atoms. The van der Waals surface area contributed by atoms with Crippen molar-refractivity contribution < 1.29 is 4.42 Å². The van der Waals surface area contributed by atoms with E-state index in [9.17, 15) is 0 Å². The molecular weight excluding hydrogens is 727 g/mol. The molecule has 0 aliphatic heterocycles. The van der Waals surface area contributed by atoms with E-state index in [1.807, 2.05) is 6.07 Å². The van der Waals surface area contributed by atoms with E-state index in [1.54, 1.807) is 0 Å². The minimum Gasteiger partial charge on any atom is -0.454 e. The third-order valence-electron chi connectivity index (χ3n) is 11.6. The summed E-state index contributed by atoms with van der Waals surface area (Å²) in [6, 6.07) is 84.9. The first-order valence-electron chi connectivity index (χ1n) is 20.5. The Kier molecular flexibility index (Phi) is 8.87. The van der Waals surface area contributed by atoms with Gasteiger partial charge in [-0.2, -0.15) is 0 Å². The van der Waals surface area contributed by atoms with Crippen LogP contribution in [0.2, 0.25) is 0 Å². The Hall–Kier alpha value is -7.94. The summed E-state index contributed by atoms with van der Waals surface area (Å²) in [5.74, 6) is 0. The Balaban J connectivity index is 0.986. The SMILES string of the molecule is c1ccc(-c2cc(-c3ccccc3)cc(N(c3ccc(-c4ccc(-c5cccc(-c6ccc7ccccc7c6)c5)cc4)cc3)c3cccc4c3oc3ccccc34)c2)cc1. The molecule has 1 aromatic heterocycles. The van der Waals surface area contributed by atoms with Crippen molar-refractivity contribution in [1.29, 1.82) is 0 Å². The third-order valence-corrected chi connectivity index (χ3v) is 11.6. The van der Waals surface area contributed by atoms with Gasteiger partial charge in [-0.3, -0.25) is 0 Å². The number of hydrogen-bond acceptors (Lipinski definition) is 2. The normalized spacial score (nSPS) is 11.3. The van der Waals surface area contributed by atoms with Crippen molar-refractivity contribution in [2.75, 3.05) is 4.90 Å². The van der Waals surface area contributed by atoms with Crippen molar-refractivity contribution >= 4 is 49.8 Å². The lowest BCUT2D eigenvalue weighted by molar-refractivity contribution is 0.669. The molecule has 2 nitrogen and oxygen atoms in total. The number of rotatable bonds is 8. The molecular formula is C58H39NO. The van der Waals surface area contributed by atoms with Crippen molar-refractivity contribution in [2.24, 2.45) is 0 Å². The maximum Gasteiger partial charge on any atom is 0.159 e. The zero-order valence-corrected chi connectivity index (χ0v) is 32.9. The second-order valence-corrected chi connectivity index (χ2v) is 15.4. The van der Waals surface area contributed by atoms with Crippen molar-refractivity contribution in [3.63, 3.8) is 0 Å². The molecule has 282 valence electrons. The molecule has 0 saturated heterocycles. The van der Waals surface area contributed by atoms with Gasteiger partial charge in [0.05, 0.1) is 5.69 Å². The monoisotopic (exact) mass is 765 g/mol. The lowest BCUT2D eigenvalue weighted by Crippen LogP contribution is -2.10. The second kappa shape index (κ2) is 15.1. The summed E-state index contributed by atoms with van der Waals surface area (Å²) < 4.78 is 6.69. The Morgan fingerprint density at radius 2 is 0.733 bits per heavy atom. The number of nitrogens with zero attached hydrogens (tertiary/aromatic N) is 1. The van der Waals surface area contributed by atoms with Gasteiger partial charge in [-0.1, -0.05) is 182 Å². The minimum absolute atomic E-state index is 0.856. The van der Waals surface area contributed by atoms with Crippen molar-refractivity contribution in [3.05, 3.63) is 237 Å². The number of furan rings is 1. The van der Waals surface area contributed by atoms with Gasteiger partial charge in [0.25, 0.3) is 0 Å². The van der Waals surface area contributed by atoms with E-state index < -0.39 is 0 Å². The molecule has 0 aliphatic rings. The first-order valence-corrected chi connectivity index (χ1v) is 20.5. The molecule has 0 N–H and O–H groups in total. The fourth-order valence-corrected chi connectivity index (χ4v) is 8.58. The summed E-state index contributed by atoms with van der Waals surface area (Å²) in [5.41, 5.74) is 16.6. The molecule has 2 heteroatoms. The highest BCUT2D eigenvalue weighted by molar-refractivity contribution is 6.10. The third kappa shape index (κ3) is 6.61. The Bertz CT molecular complexity index is 3230. The van der Waals surface area contributed by atoms with Crippen LogP contribution in [-0.2, 0) is 0 Å². The minimum atomic E-state index is 0.856. The van der Waals surface area contributed by atoms with E-state index in [4.69, 9.17) is 4.42 Å². The highest BCUT2D eigenvalue weighted by Gasteiger charge is 2.21. The molecule has 11 rings (SSSR count). The fourth-order valence-electron chi connectivity index (χ4n) is 8.58. The highest BCUT2D eigenvalue weighted by Crippen LogP contribution is 2.45. The van der Waals surface area contributed by atoms with E-state index in [1.165, 1.54) is 38.6 Å². The summed E-state index contributed by atoms with van der Waals surface area (Å²) in [6.45, 7) is 0. The highest BCUT2D eigenvalue weighted by atomic mass is 16.3. The number of hydrogen-bond donors (Lipinski definition) is 0. The second-order valence-electron chi connectivity index (χ2n) is 15.4. The van der Waals surface area contributed by atoms with E-state index >= 15 is 0 Å². The summed E-state index contributed by atoms with van der Waals surface area (Å²) in [7, 11) is 0. The first-order chi connectivity index (χ1) is 29.7. The maximum absolute atomic E-state index is 6.69. The standard InChI is InChI=1S/C58H39NO/c1-3-13-40(14-4-1)50-37-51(41-15-5-2-6-16-41)39-53(38-50)59(56-23-12-22-55-54-21-9-10-24-57(54)60-58(55)56)52-33-31-44(32-34-52)43-25-27-45(28-26-43)47-19-11-20-48(35-47)49-30-29-42-17-7-8-18-46(42)36-49/h1-39H. The van der Waals surface area contributed by atoms with Crippen LogP contribution in [0.5, 0.6) is 0 Å². The molecule has 0 fully saturated rings. The fraction of sp³-hybridized carbons (Fsp3) is 0. The van der Waals surface area contributed by atoms with Gasteiger partial charge in [-0.05, 0) is 121 Å². The van der Waals surface area contributed by atoms with Crippen LogP contribution in [0.1, 0.15) is 0 Å². The molecule has 0 aliphatic carbocycles. The van der Waals surface area contributed by atoms with Gasteiger partial charge in [-0.25, -0.2) is 0 Å². The molecule has 0 radical (unpaired) electrons. The van der Waals surface area contributed by atoms with E-state index in [0.29, 0.717) is 0 Å². The largest absolute Gasteiger partial charge is 0.454 e. The lowest BCUT2D eigenvalue weighted by Gasteiger charge is -2.27. The van der Waals surface area contributed by atoms with E-state index in [-0.39, 0.29) is 0 Å². The van der Waals surface area contributed by atoms with Gasteiger partial charge in [0.1, 0.15) is 5.58 Å². The topological polar surface area (TPSA) is 16.4 Å². The Morgan fingerprint density at radius 3 is 1.43 bits per heavy atom. The van der Waals surface area contributed by atoms with Gasteiger partial charge < -0.3 is 9.32 Å². The summed E-state index contributed by atoms with van der Waals surface area (Å²) >= 11 is 0. The Morgan fingerprint density at radius 1 is 0.267 bits per heavy atom. The molecule has 10 aromatic carbocycles. The number of anilines is 3. The van der Waals surface area contributed by atoms with Gasteiger partial charge >= 0.3 is 0 Å². The van der Waals surface area contributed by atoms with Crippen LogP contribution in [0.4, 0.5) is 17.1 Å². The van der Waals surface area contributed by atoms with Crippen molar-refractivity contribution in [1.82, 2.24) is 0 Å². The summed E-state index contributed by atoms with van der Waals surface area (Å²) in [4.78, 5) is 2.35. The molecule has 0 bridgehead atoms.